The minimum Gasteiger partial charge on any atom is -0.370 e. The van der Waals surface area contributed by atoms with Gasteiger partial charge in [0.2, 0.25) is 5.91 Å². The summed E-state index contributed by atoms with van der Waals surface area (Å²) in [5, 5.41) is 6.52. The van der Waals surface area contributed by atoms with E-state index in [-0.39, 0.29) is 31.0 Å². The quantitative estimate of drug-likeness (QED) is 0.438. The minimum absolute atomic E-state index is 0.0957. The number of hydrogen-bond donors (Lipinski definition) is 3. The number of halogens is 2. The summed E-state index contributed by atoms with van der Waals surface area (Å²) < 4.78 is 0. The van der Waals surface area contributed by atoms with Gasteiger partial charge in [-0.25, -0.2) is 4.99 Å². The molecule has 7 heteroatoms. The molecule has 21 heavy (non-hydrogen) atoms. The Morgan fingerprint density at radius 1 is 1.52 bits per heavy atom. The number of carbonyl (C=O) groups excluding carboxylic acids is 1. The maximum Gasteiger partial charge on any atom is 0.242 e. The summed E-state index contributed by atoms with van der Waals surface area (Å²) in [6.45, 7) is 1.94. The number of nitrogens with zero attached hydrogens (tertiary/aromatic N) is 1. The topological polar surface area (TPSA) is 79.5 Å². The highest BCUT2D eigenvalue weighted by atomic mass is 35.5. The van der Waals surface area contributed by atoms with Crippen LogP contribution < -0.4 is 16.4 Å². The molecule has 112 valence electrons. The number of aliphatic imine (C=N–C) groups is 1. The lowest BCUT2D eigenvalue weighted by Gasteiger charge is -2.16. The standard InChI is InChI=1S/C14H16Cl2N4O/c1-3-6-18-13(21)8-19-14(17)20-9(2)11-5-4-10(15)7-12(11)16/h1,4-5,7,9H,6,8H2,2H3,(H,18,21)(H3,17,19,20). The van der Waals surface area contributed by atoms with E-state index < -0.39 is 0 Å². The van der Waals surface area contributed by atoms with Crippen molar-refractivity contribution >= 4 is 35.1 Å². The Kier molecular flexibility index (Phi) is 6.86. The van der Waals surface area contributed by atoms with Crippen molar-refractivity contribution in [2.24, 2.45) is 10.7 Å². The first kappa shape index (κ1) is 17.2. The second-order valence-corrected chi connectivity index (χ2v) is 5.06. The number of carbonyl (C=O) groups is 1. The van der Waals surface area contributed by atoms with Gasteiger partial charge in [0.1, 0.15) is 6.54 Å². The van der Waals surface area contributed by atoms with Gasteiger partial charge in [0, 0.05) is 10.0 Å². The molecule has 0 heterocycles. The zero-order valence-corrected chi connectivity index (χ0v) is 13.0. The highest BCUT2D eigenvalue weighted by molar-refractivity contribution is 6.35. The lowest BCUT2D eigenvalue weighted by molar-refractivity contribution is -0.119. The molecule has 1 aromatic rings. The molecule has 0 fully saturated rings. The average molecular weight is 327 g/mol. The van der Waals surface area contributed by atoms with Crippen LogP contribution >= 0.6 is 23.2 Å². The van der Waals surface area contributed by atoms with Crippen LogP contribution in [0.15, 0.2) is 23.2 Å². The van der Waals surface area contributed by atoms with Crippen LogP contribution in [0.5, 0.6) is 0 Å². The van der Waals surface area contributed by atoms with E-state index >= 15 is 0 Å². The molecule has 0 aliphatic rings. The number of guanidine groups is 1. The Labute approximate surface area is 133 Å². The molecule has 0 aliphatic carbocycles. The average Bonchev–Trinajstić information content (AvgIpc) is 2.42. The predicted octanol–water partition coefficient (Wildman–Crippen LogP) is 1.71. The van der Waals surface area contributed by atoms with Gasteiger partial charge in [-0.05, 0) is 24.6 Å². The largest absolute Gasteiger partial charge is 0.370 e. The first-order valence-electron chi connectivity index (χ1n) is 6.15. The van der Waals surface area contributed by atoms with Gasteiger partial charge in [0.05, 0.1) is 12.6 Å². The number of nitrogens with one attached hydrogen (secondary N) is 2. The van der Waals surface area contributed by atoms with Crippen LogP contribution in [-0.2, 0) is 4.79 Å². The zero-order valence-electron chi connectivity index (χ0n) is 11.5. The molecule has 0 saturated heterocycles. The van der Waals surface area contributed by atoms with E-state index in [2.05, 4.69) is 21.5 Å². The van der Waals surface area contributed by atoms with Crippen LogP contribution in [-0.4, -0.2) is 25.0 Å². The third-order valence-corrected chi connectivity index (χ3v) is 3.14. The molecule has 4 N–H and O–H groups in total. The van der Waals surface area contributed by atoms with Crippen molar-refractivity contribution in [2.45, 2.75) is 13.0 Å². The molecule has 0 radical (unpaired) electrons. The molecule has 0 spiro atoms. The fraction of sp³-hybridized carbons (Fsp3) is 0.286. The summed E-state index contributed by atoms with van der Waals surface area (Å²) in [7, 11) is 0. The van der Waals surface area contributed by atoms with Crippen molar-refractivity contribution in [2.75, 3.05) is 13.1 Å². The Morgan fingerprint density at radius 3 is 2.86 bits per heavy atom. The summed E-state index contributed by atoms with van der Waals surface area (Å²) >= 11 is 11.9. The van der Waals surface area contributed by atoms with Crippen LogP contribution in [0, 0.1) is 12.3 Å². The number of benzene rings is 1. The van der Waals surface area contributed by atoms with Gasteiger partial charge >= 0.3 is 0 Å². The number of terminal acetylenes is 1. The molecule has 1 rings (SSSR count). The van der Waals surface area contributed by atoms with E-state index in [0.29, 0.717) is 10.0 Å². The van der Waals surface area contributed by atoms with Gasteiger partial charge in [0.25, 0.3) is 0 Å². The second-order valence-electron chi connectivity index (χ2n) is 4.21. The van der Waals surface area contributed by atoms with Crippen molar-refractivity contribution in [3.8, 4) is 12.3 Å². The molecule has 1 atom stereocenters. The van der Waals surface area contributed by atoms with E-state index in [1.54, 1.807) is 18.2 Å². The highest BCUT2D eigenvalue weighted by Gasteiger charge is 2.10. The molecule has 1 amide bonds. The summed E-state index contributed by atoms with van der Waals surface area (Å²) in [4.78, 5) is 15.2. The maximum atomic E-state index is 11.3. The van der Waals surface area contributed by atoms with Crippen molar-refractivity contribution < 1.29 is 4.79 Å². The smallest absolute Gasteiger partial charge is 0.242 e. The monoisotopic (exact) mass is 326 g/mol. The van der Waals surface area contributed by atoms with E-state index in [0.717, 1.165) is 5.56 Å². The fourth-order valence-electron chi connectivity index (χ4n) is 1.56. The molecular formula is C14H16Cl2N4O. The lowest BCUT2D eigenvalue weighted by Crippen LogP contribution is -2.35. The Morgan fingerprint density at radius 2 is 2.24 bits per heavy atom. The third-order valence-electron chi connectivity index (χ3n) is 2.57. The maximum absolute atomic E-state index is 11.3. The van der Waals surface area contributed by atoms with Crippen molar-refractivity contribution in [1.29, 1.82) is 0 Å². The van der Waals surface area contributed by atoms with Gasteiger partial charge in [-0.2, -0.15) is 0 Å². The zero-order chi connectivity index (χ0) is 15.8. The first-order valence-corrected chi connectivity index (χ1v) is 6.91. The van der Waals surface area contributed by atoms with E-state index in [9.17, 15) is 4.79 Å². The molecule has 5 nitrogen and oxygen atoms in total. The number of rotatable bonds is 5. The van der Waals surface area contributed by atoms with Gasteiger partial charge < -0.3 is 16.4 Å². The predicted molar refractivity (Wildman–Crippen MR) is 86.3 cm³/mol. The van der Waals surface area contributed by atoms with E-state index in [4.69, 9.17) is 35.4 Å². The highest BCUT2D eigenvalue weighted by Crippen LogP contribution is 2.25. The molecule has 0 aliphatic heterocycles. The Balaban J connectivity index is 2.59. The lowest BCUT2D eigenvalue weighted by atomic mass is 10.1. The van der Waals surface area contributed by atoms with Gasteiger partial charge in [-0.3, -0.25) is 4.79 Å². The van der Waals surface area contributed by atoms with Crippen LogP contribution in [0.2, 0.25) is 10.0 Å². The van der Waals surface area contributed by atoms with E-state index in [1.165, 1.54) is 0 Å². The van der Waals surface area contributed by atoms with Crippen molar-refractivity contribution in [1.82, 2.24) is 10.6 Å². The molecule has 0 bridgehead atoms. The minimum atomic E-state index is -0.296. The third kappa shape index (κ3) is 5.94. The van der Waals surface area contributed by atoms with Crippen molar-refractivity contribution in [3.05, 3.63) is 33.8 Å². The summed E-state index contributed by atoms with van der Waals surface area (Å²) in [6, 6.07) is 5.01. The first-order chi connectivity index (χ1) is 9.93. The second kappa shape index (κ2) is 8.40. The van der Waals surface area contributed by atoms with Crippen molar-refractivity contribution in [3.63, 3.8) is 0 Å². The Bertz CT molecular complexity index is 581. The van der Waals surface area contributed by atoms with E-state index in [1.807, 2.05) is 6.92 Å². The van der Waals surface area contributed by atoms with Gasteiger partial charge in [-0.15, -0.1) is 6.42 Å². The Hall–Kier alpha value is -1.90. The molecule has 0 aromatic heterocycles. The number of amides is 1. The summed E-state index contributed by atoms with van der Waals surface area (Å²) in [5.74, 6) is 2.14. The van der Waals surface area contributed by atoms with Crippen LogP contribution in [0.4, 0.5) is 0 Å². The van der Waals surface area contributed by atoms with Crippen LogP contribution in [0.3, 0.4) is 0 Å². The van der Waals surface area contributed by atoms with Gasteiger partial charge in [0.15, 0.2) is 5.96 Å². The van der Waals surface area contributed by atoms with Crippen LogP contribution in [0.1, 0.15) is 18.5 Å². The molecule has 0 saturated carbocycles. The SMILES string of the molecule is C#CCNC(=O)CN=C(N)NC(C)c1ccc(Cl)cc1Cl. The van der Waals surface area contributed by atoms with Gasteiger partial charge in [-0.1, -0.05) is 35.2 Å². The fourth-order valence-corrected chi connectivity index (χ4v) is 2.13. The normalized spacial score (nSPS) is 12.4. The summed E-state index contributed by atoms with van der Waals surface area (Å²) in [5.41, 5.74) is 6.55. The van der Waals surface area contributed by atoms with Crippen LogP contribution in [0.25, 0.3) is 0 Å². The molecule has 1 aromatic carbocycles. The molecular weight excluding hydrogens is 311 g/mol. The summed E-state index contributed by atoms with van der Waals surface area (Å²) in [6.07, 6.45) is 5.03. The molecule has 1 unspecified atom stereocenters. The number of nitrogens with two attached hydrogens (primary N) is 1. The number of hydrogen-bond acceptors (Lipinski definition) is 2.